The Kier molecular flexibility index (Phi) is 5.57. The third-order valence-corrected chi connectivity index (χ3v) is 4.99. The second-order valence-electron chi connectivity index (χ2n) is 3.76. The number of methoxy groups -OCH3 is 1. The maximum absolute atomic E-state index is 5.84. The lowest BCUT2D eigenvalue weighted by Gasteiger charge is -2.13. The van der Waals surface area contributed by atoms with Crippen LogP contribution in [0, 0.1) is 0 Å². The number of halogens is 3. The number of alkyl halides is 1. The topological polar surface area (TPSA) is 18.5 Å². The molecule has 2 nitrogen and oxygen atoms in total. The van der Waals surface area contributed by atoms with Crippen LogP contribution in [0.3, 0.4) is 0 Å². The Morgan fingerprint density at radius 1 is 1.26 bits per heavy atom. The van der Waals surface area contributed by atoms with Crippen LogP contribution in [0.5, 0.6) is 11.5 Å². The molecule has 0 bridgehead atoms. The average Bonchev–Trinajstić information content (AvgIpc) is 2.82. The summed E-state index contributed by atoms with van der Waals surface area (Å²) in [6.07, 6.45) is 0. The summed E-state index contributed by atoms with van der Waals surface area (Å²) in [5.74, 6) is 1.81. The molecule has 0 saturated carbocycles. The molecule has 0 spiro atoms. The summed E-state index contributed by atoms with van der Waals surface area (Å²) in [4.78, 5) is 1.14. The Labute approximate surface area is 137 Å². The van der Waals surface area contributed by atoms with Gasteiger partial charge in [0, 0.05) is 20.6 Å². The van der Waals surface area contributed by atoms with Crippen LogP contribution in [0.4, 0.5) is 0 Å². The molecule has 0 N–H and O–H groups in total. The fourth-order valence-corrected chi connectivity index (χ4v) is 3.68. The molecule has 6 heteroatoms. The highest BCUT2D eigenvalue weighted by molar-refractivity contribution is 9.10. The quantitative estimate of drug-likeness (QED) is 0.580. The van der Waals surface area contributed by atoms with E-state index in [1.165, 1.54) is 0 Å². The van der Waals surface area contributed by atoms with E-state index in [1.807, 2.05) is 23.6 Å². The molecule has 0 radical (unpaired) electrons. The number of hydrogen-bond acceptors (Lipinski definition) is 3. The average molecular weight is 427 g/mol. The lowest BCUT2D eigenvalue weighted by Crippen LogP contribution is -1.98. The highest BCUT2D eigenvalue weighted by Gasteiger charge is 2.12. The third-order valence-electron chi connectivity index (χ3n) is 2.42. The van der Waals surface area contributed by atoms with E-state index < -0.39 is 0 Å². The van der Waals surface area contributed by atoms with Gasteiger partial charge in [0.1, 0.15) is 6.61 Å². The van der Waals surface area contributed by atoms with Crippen LogP contribution in [-0.4, -0.2) is 7.11 Å². The van der Waals surface area contributed by atoms with Gasteiger partial charge in [-0.2, -0.15) is 0 Å². The van der Waals surface area contributed by atoms with Gasteiger partial charge in [-0.05, 0) is 55.6 Å². The van der Waals surface area contributed by atoms with Crippen molar-refractivity contribution in [3.05, 3.63) is 43.0 Å². The fraction of sp³-hybridized carbons (Fsp3) is 0.231. The van der Waals surface area contributed by atoms with E-state index in [1.54, 1.807) is 18.4 Å². The summed E-state index contributed by atoms with van der Waals surface area (Å²) in [7, 11) is 1.62. The number of benzene rings is 1. The monoisotopic (exact) mass is 424 g/mol. The van der Waals surface area contributed by atoms with Crippen molar-refractivity contribution in [2.45, 2.75) is 12.5 Å². The minimum Gasteiger partial charge on any atom is -0.493 e. The highest BCUT2D eigenvalue weighted by Crippen LogP contribution is 2.37. The van der Waals surface area contributed by atoms with Crippen LogP contribution in [0.15, 0.2) is 32.5 Å². The lowest BCUT2D eigenvalue weighted by molar-refractivity contribution is 0.285. The van der Waals surface area contributed by atoms with Gasteiger partial charge in [0.25, 0.3) is 0 Å². The Morgan fingerprint density at radius 3 is 2.63 bits per heavy atom. The van der Waals surface area contributed by atoms with Crippen molar-refractivity contribution in [1.82, 2.24) is 0 Å². The van der Waals surface area contributed by atoms with Gasteiger partial charge in [-0.3, -0.25) is 0 Å². The molecule has 0 fully saturated rings. The molecule has 1 aromatic heterocycles. The van der Waals surface area contributed by atoms with Crippen molar-refractivity contribution in [3.63, 3.8) is 0 Å². The number of ether oxygens (including phenoxy) is 2. The Bertz CT molecular complexity index is 572. The predicted octanol–water partition coefficient (Wildman–Crippen LogP) is 5.60. The van der Waals surface area contributed by atoms with Crippen LogP contribution < -0.4 is 9.47 Å². The van der Waals surface area contributed by atoms with E-state index in [4.69, 9.17) is 21.1 Å². The first-order chi connectivity index (χ1) is 9.13. The molecule has 0 atom stereocenters. The van der Waals surface area contributed by atoms with E-state index >= 15 is 0 Å². The second kappa shape index (κ2) is 6.97. The van der Waals surface area contributed by atoms with Gasteiger partial charge in [0.2, 0.25) is 0 Å². The molecule has 19 heavy (non-hydrogen) atoms. The summed E-state index contributed by atoms with van der Waals surface area (Å²) in [5, 5.41) is 2.03. The Hall–Kier alpha value is -0.230. The predicted molar refractivity (Wildman–Crippen MR) is 86.6 cm³/mol. The van der Waals surface area contributed by atoms with Gasteiger partial charge < -0.3 is 9.47 Å². The smallest absolute Gasteiger partial charge is 0.175 e. The maximum atomic E-state index is 5.84. The molecule has 0 saturated heterocycles. The van der Waals surface area contributed by atoms with Gasteiger partial charge in [-0.1, -0.05) is 0 Å². The molecule has 1 aromatic carbocycles. The zero-order valence-electron chi connectivity index (χ0n) is 10.1. The Morgan fingerprint density at radius 2 is 2.05 bits per heavy atom. The molecular weight excluding hydrogens is 415 g/mol. The fourth-order valence-electron chi connectivity index (χ4n) is 1.56. The van der Waals surface area contributed by atoms with E-state index in [2.05, 4.69) is 31.9 Å². The zero-order chi connectivity index (χ0) is 13.8. The van der Waals surface area contributed by atoms with E-state index in [9.17, 15) is 0 Å². The minimum absolute atomic E-state index is 0.438. The van der Waals surface area contributed by atoms with Crippen molar-refractivity contribution in [2.75, 3.05) is 7.11 Å². The van der Waals surface area contributed by atoms with Gasteiger partial charge in [0.05, 0.1) is 11.6 Å². The van der Waals surface area contributed by atoms with Gasteiger partial charge in [-0.15, -0.1) is 22.9 Å². The van der Waals surface area contributed by atoms with Crippen LogP contribution in [-0.2, 0) is 12.5 Å². The molecular formula is C13H11Br2ClO2S. The molecule has 0 aliphatic rings. The molecule has 0 aliphatic carbocycles. The van der Waals surface area contributed by atoms with E-state index in [0.29, 0.717) is 24.0 Å². The maximum Gasteiger partial charge on any atom is 0.175 e. The SMILES string of the molecule is COc1cc(CCl)cc(Br)c1OCc1cc(Br)cs1. The zero-order valence-corrected chi connectivity index (χ0v) is 14.8. The molecule has 0 unspecified atom stereocenters. The summed E-state index contributed by atoms with van der Waals surface area (Å²) < 4.78 is 13.1. The van der Waals surface area contributed by atoms with Crippen LogP contribution in [0.2, 0.25) is 0 Å². The summed E-state index contributed by atoms with van der Waals surface area (Å²) in [6.45, 7) is 0.505. The minimum atomic E-state index is 0.438. The van der Waals surface area contributed by atoms with Crippen LogP contribution in [0.25, 0.3) is 0 Å². The standard InChI is InChI=1S/C13H11Br2ClO2S/c1-17-12-3-8(5-16)2-11(15)13(12)18-6-10-4-9(14)7-19-10/h2-4,7H,5-6H2,1H3. The summed E-state index contributed by atoms with van der Waals surface area (Å²) in [5.41, 5.74) is 0.983. The first kappa shape index (κ1) is 15.2. The van der Waals surface area contributed by atoms with Crippen molar-refractivity contribution < 1.29 is 9.47 Å². The number of rotatable bonds is 5. The molecule has 0 aliphatic heterocycles. The van der Waals surface area contributed by atoms with E-state index in [-0.39, 0.29) is 0 Å². The van der Waals surface area contributed by atoms with Crippen molar-refractivity contribution in [3.8, 4) is 11.5 Å². The molecule has 2 rings (SSSR count). The molecule has 0 amide bonds. The second-order valence-corrected chi connectivity index (χ2v) is 6.80. The summed E-state index contributed by atoms with van der Waals surface area (Å²) in [6, 6.07) is 5.87. The van der Waals surface area contributed by atoms with Crippen LogP contribution in [0.1, 0.15) is 10.4 Å². The Balaban J connectivity index is 2.19. The van der Waals surface area contributed by atoms with Gasteiger partial charge in [-0.25, -0.2) is 0 Å². The largest absolute Gasteiger partial charge is 0.493 e. The van der Waals surface area contributed by atoms with Gasteiger partial charge >= 0.3 is 0 Å². The van der Waals surface area contributed by atoms with E-state index in [0.717, 1.165) is 19.4 Å². The van der Waals surface area contributed by atoms with Crippen molar-refractivity contribution in [2.24, 2.45) is 0 Å². The molecule has 1 heterocycles. The number of thiophene rings is 1. The highest BCUT2D eigenvalue weighted by atomic mass is 79.9. The number of hydrogen-bond donors (Lipinski definition) is 0. The van der Waals surface area contributed by atoms with Crippen molar-refractivity contribution in [1.29, 1.82) is 0 Å². The van der Waals surface area contributed by atoms with Crippen LogP contribution >= 0.6 is 54.8 Å². The first-order valence-corrected chi connectivity index (χ1v) is 8.42. The normalized spacial score (nSPS) is 10.5. The third kappa shape index (κ3) is 3.88. The molecule has 102 valence electrons. The lowest BCUT2D eigenvalue weighted by atomic mass is 10.2. The van der Waals surface area contributed by atoms with Gasteiger partial charge in [0.15, 0.2) is 11.5 Å². The van der Waals surface area contributed by atoms with Crippen molar-refractivity contribution >= 4 is 54.8 Å². The molecule has 2 aromatic rings. The first-order valence-electron chi connectivity index (χ1n) is 5.42. The summed E-state index contributed by atoms with van der Waals surface area (Å²) >= 11 is 14.4.